The third kappa shape index (κ3) is 5.08. The number of benzene rings is 3. The topological polar surface area (TPSA) is 122 Å². The van der Waals surface area contributed by atoms with Crippen LogP contribution in [-0.2, 0) is 6.54 Å². The number of carboxylic acids is 1. The standard InChI is InChI=1S/C23H18N6O3/c30-22(26-24-14-16-6-12-20(13-7-16)23(31)32)19-10-8-17(9-11-19)15-29-27-21(25-28-29)18-4-2-1-3-5-18/h1-14H,15H2,(H,26,30)(H,31,32)/b24-14+. The van der Waals surface area contributed by atoms with E-state index in [1.165, 1.54) is 23.1 Å². The predicted molar refractivity (Wildman–Crippen MR) is 117 cm³/mol. The zero-order valence-corrected chi connectivity index (χ0v) is 16.8. The minimum Gasteiger partial charge on any atom is -0.478 e. The molecular formula is C23H18N6O3. The maximum Gasteiger partial charge on any atom is 0.335 e. The van der Waals surface area contributed by atoms with E-state index in [-0.39, 0.29) is 11.5 Å². The Hall–Kier alpha value is -4.66. The SMILES string of the molecule is O=C(O)c1ccc(/C=N/NC(=O)c2ccc(Cn3nnc(-c4ccccc4)n3)cc2)cc1. The van der Waals surface area contributed by atoms with Crippen molar-refractivity contribution in [3.63, 3.8) is 0 Å². The third-order valence-electron chi connectivity index (χ3n) is 4.56. The van der Waals surface area contributed by atoms with Crippen molar-refractivity contribution in [2.75, 3.05) is 0 Å². The van der Waals surface area contributed by atoms with Crippen LogP contribution in [0.1, 0.15) is 31.8 Å². The van der Waals surface area contributed by atoms with Crippen LogP contribution in [0.15, 0.2) is 84.0 Å². The van der Waals surface area contributed by atoms with Gasteiger partial charge in [0.25, 0.3) is 5.91 Å². The number of nitrogens with zero attached hydrogens (tertiary/aromatic N) is 5. The van der Waals surface area contributed by atoms with Crippen LogP contribution in [0.3, 0.4) is 0 Å². The Balaban J connectivity index is 1.33. The zero-order chi connectivity index (χ0) is 22.3. The van der Waals surface area contributed by atoms with Gasteiger partial charge in [0.05, 0.1) is 18.3 Å². The molecule has 0 unspecified atom stereocenters. The quantitative estimate of drug-likeness (QED) is 0.346. The Bertz CT molecular complexity index is 1250. The van der Waals surface area contributed by atoms with E-state index in [0.29, 0.717) is 23.5 Å². The first-order valence-electron chi connectivity index (χ1n) is 9.67. The second kappa shape index (κ2) is 9.43. The van der Waals surface area contributed by atoms with Crippen molar-refractivity contribution in [2.45, 2.75) is 6.54 Å². The summed E-state index contributed by atoms with van der Waals surface area (Å²) in [5, 5.41) is 25.3. The number of hydrogen-bond acceptors (Lipinski definition) is 6. The molecule has 2 N–H and O–H groups in total. The second-order valence-corrected chi connectivity index (χ2v) is 6.83. The van der Waals surface area contributed by atoms with Gasteiger partial charge in [-0.2, -0.15) is 9.90 Å². The number of amides is 1. The van der Waals surface area contributed by atoms with E-state index in [1.807, 2.05) is 42.5 Å². The number of carbonyl (C=O) groups excluding carboxylic acids is 1. The Morgan fingerprint density at radius 2 is 1.62 bits per heavy atom. The summed E-state index contributed by atoms with van der Waals surface area (Å²) in [7, 11) is 0. The van der Waals surface area contributed by atoms with Crippen molar-refractivity contribution in [1.82, 2.24) is 25.6 Å². The van der Waals surface area contributed by atoms with Gasteiger partial charge in [0, 0.05) is 11.1 Å². The van der Waals surface area contributed by atoms with Crippen LogP contribution in [0.5, 0.6) is 0 Å². The molecule has 1 amide bonds. The van der Waals surface area contributed by atoms with Crippen LogP contribution in [0.25, 0.3) is 11.4 Å². The van der Waals surface area contributed by atoms with E-state index in [4.69, 9.17) is 5.11 Å². The molecule has 0 aliphatic carbocycles. The highest BCUT2D eigenvalue weighted by molar-refractivity contribution is 5.95. The Labute approximate surface area is 183 Å². The molecule has 9 heteroatoms. The molecule has 0 spiro atoms. The number of hydrogen-bond donors (Lipinski definition) is 2. The Morgan fingerprint density at radius 1 is 0.938 bits per heavy atom. The summed E-state index contributed by atoms with van der Waals surface area (Å²) >= 11 is 0. The molecule has 9 nitrogen and oxygen atoms in total. The van der Waals surface area contributed by atoms with Crippen LogP contribution < -0.4 is 5.43 Å². The van der Waals surface area contributed by atoms with E-state index in [2.05, 4.69) is 25.9 Å². The molecule has 158 valence electrons. The average molecular weight is 426 g/mol. The first-order valence-corrected chi connectivity index (χ1v) is 9.67. The van der Waals surface area contributed by atoms with E-state index in [1.54, 1.807) is 24.3 Å². The molecule has 0 saturated heterocycles. The number of carboxylic acid groups (broad SMARTS) is 1. The van der Waals surface area contributed by atoms with Crippen molar-refractivity contribution in [1.29, 1.82) is 0 Å². The number of nitrogens with one attached hydrogen (secondary N) is 1. The average Bonchev–Trinajstić information content (AvgIpc) is 3.29. The van der Waals surface area contributed by atoms with Crippen LogP contribution in [0.4, 0.5) is 0 Å². The molecule has 4 aromatic rings. The number of aromatic nitrogens is 4. The lowest BCUT2D eigenvalue weighted by molar-refractivity contribution is 0.0696. The molecule has 0 radical (unpaired) electrons. The van der Waals surface area contributed by atoms with Crippen LogP contribution in [0.2, 0.25) is 0 Å². The van der Waals surface area contributed by atoms with Crippen LogP contribution in [-0.4, -0.2) is 43.4 Å². The summed E-state index contributed by atoms with van der Waals surface area (Å²) in [5.41, 5.74) is 5.56. The van der Waals surface area contributed by atoms with Gasteiger partial charge < -0.3 is 5.11 Å². The maximum atomic E-state index is 12.3. The smallest absolute Gasteiger partial charge is 0.335 e. The van der Waals surface area contributed by atoms with E-state index in [0.717, 1.165) is 11.1 Å². The highest BCUT2D eigenvalue weighted by atomic mass is 16.4. The number of tetrazole rings is 1. The van der Waals surface area contributed by atoms with Gasteiger partial charge in [0.2, 0.25) is 5.82 Å². The molecule has 1 heterocycles. The predicted octanol–water partition coefficient (Wildman–Crippen LogP) is 2.85. The summed E-state index contributed by atoms with van der Waals surface area (Å²) < 4.78 is 0. The molecule has 4 rings (SSSR count). The second-order valence-electron chi connectivity index (χ2n) is 6.83. The molecular weight excluding hydrogens is 408 g/mol. The zero-order valence-electron chi connectivity index (χ0n) is 16.8. The van der Waals surface area contributed by atoms with Crippen molar-refractivity contribution in [3.8, 4) is 11.4 Å². The van der Waals surface area contributed by atoms with Gasteiger partial charge in [0.15, 0.2) is 0 Å². The largest absolute Gasteiger partial charge is 0.478 e. The van der Waals surface area contributed by atoms with Gasteiger partial charge in [-0.05, 0) is 40.6 Å². The van der Waals surface area contributed by atoms with Gasteiger partial charge in [0.1, 0.15) is 0 Å². The lowest BCUT2D eigenvalue weighted by Gasteiger charge is -2.03. The molecule has 0 atom stereocenters. The van der Waals surface area contributed by atoms with Gasteiger partial charge in [-0.1, -0.05) is 54.6 Å². The van der Waals surface area contributed by atoms with Crippen molar-refractivity contribution < 1.29 is 14.7 Å². The molecule has 32 heavy (non-hydrogen) atoms. The van der Waals surface area contributed by atoms with Gasteiger partial charge in [-0.25, -0.2) is 10.2 Å². The van der Waals surface area contributed by atoms with Crippen molar-refractivity contribution in [3.05, 3.63) is 101 Å². The van der Waals surface area contributed by atoms with Crippen LogP contribution in [0, 0.1) is 0 Å². The summed E-state index contributed by atoms with van der Waals surface area (Å²) in [5.74, 6) is -0.807. The summed E-state index contributed by atoms with van der Waals surface area (Å²) in [4.78, 5) is 24.6. The van der Waals surface area contributed by atoms with Crippen molar-refractivity contribution >= 4 is 18.1 Å². The number of aromatic carboxylic acids is 1. The fourth-order valence-electron chi connectivity index (χ4n) is 2.88. The highest BCUT2D eigenvalue weighted by Crippen LogP contribution is 2.12. The first-order chi connectivity index (χ1) is 15.6. The Morgan fingerprint density at radius 3 is 2.31 bits per heavy atom. The minimum absolute atomic E-state index is 0.184. The normalized spacial score (nSPS) is 10.9. The van der Waals surface area contributed by atoms with E-state index < -0.39 is 5.97 Å². The number of rotatable bonds is 7. The van der Waals surface area contributed by atoms with Gasteiger partial charge in [-0.3, -0.25) is 4.79 Å². The molecule has 0 fully saturated rings. The molecule has 0 aliphatic rings. The lowest BCUT2D eigenvalue weighted by atomic mass is 10.1. The van der Waals surface area contributed by atoms with Crippen molar-refractivity contribution in [2.24, 2.45) is 5.10 Å². The monoisotopic (exact) mass is 426 g/mol. The van der Waals surface area contributed by atoms with Gasteiger partial charge in [-0.15, -0.1) is 10.2 Å². The lowest BCUT2D eigenvalue weighted by Crippen LogP contribution is -2.17. The fraction of sp³-hybridized carbons (Fsp3) is 0.0435. The Kier molecular flexibility index (Phi) is 6.08. The van der Waals surface area contributed by atoms with E-state index in [9.17, 15) is 9.59 Å². The number of carbonyl (C=O) groups is 2. The first kappa shape index (κ1) is 20.6. The van der Waals surface area contributed by atoms with E-state index >= 15 is 0 Å². The van der Waals surface area contributed by atoms with Crippen LogP contribution >= 0.6 is 0 Å². The summed E-state index contributed by atoms with van der Waals surface area (Å²) in [6.07, 6.45) is 1.44. The maximum absolute atomic E-state index is 12.3. The molecule has 0 aliphatic heterocycles. The molecule has 0 bridgehead atoms. The van der Waals surface area contributed by atoms with Gasteiger partial charge >= 0.3 is 5.97 Å². The highest BCUT2D eigenvalue weighted by Gasteiger charge is 2.08. The summed E-state index contributed by atoms with van der Waals surface area (Å²) in [6.45, 7) is 0.423. The molecule has 0 saturated carbocycles. The minimum atomic E-state index is -0.999. The third-order valence-corrected chi connectivity index (χ3v) is 4.56. The fourth-order valence-corrected chi connectivity index (χ4v) is 2.88. The molecule has 1 aromatic heterocycles. The molecule has 3 aromatic carbocycles. The number of hydrazone groups is 1. The summed E-state index contributed by atoms with van der Waals surface area (Å²) in [6, 6.07) is 22.8.